The number of rotatable bonds is 4. The van der Waals surface area contributed by atoms with E-state index in [0.717, 1.165) is 24.5 Å². The average Bonchev–Trinajstić information content (AvgIpc) is 3.02. The molecule has 0 spiro atoms. The highest BCUT2D eigenvalue weighted by Crippen LogP contribution is 2.19. The first kappa shape index (κ1) is 15.6. The molecule has 7 nitrogen and oxygen atoms in total. The third-order valence-corrected chi connectivity index (χ3v) is 4.24. The molecule has 0 aliphatic carbocycles. The van der Waals surface area contributed by atoms with E-state index >= 15 is 0 Å². The van der Waals surface area contributed by atoms with Crippen LogP contribution < -0.4 is 5.32 Å². The first-order valence-corrected chi connectivity index (χ1v) is 7.92. The molecule has 2 aromatic heterocycles. The van der Waals surface area contributed by atoms with Crippen LogP contribution >= 0.6 is 0 Å². The summed E-state index contributed by atoms with van der Waals surface area (Å²) >= 11 is 0. The molecule has 0 saturated carbocycles. The molecule has 3 rings (SSSR count). The van der Waals surface area contributed by atoms with E-state index in [4.69, 9.17) is 0 Å². The summed E-state index contributed by atoms with van der Waals surface area (Å²) in [4.78, 5) is 23.1. The van der Waals surface area contributed by atoms with Crippen molar-refractivity contribution in [2.24, 2.45) is 0 Å². The van der Waals surface area contributed by atoms with Crippen molar-refractivity contribution >= 4 is 11.7 Å². The molecule has 1 aliphatic rings. The van der Waals surface area contributed by atoms with Gasteiger partial charge >= 0.3 is 0 Å². The van der Waals surface area contributed by atoms with Crippen molar-refractivity contribution in [1.82, 2.24) is 24.6 Å². The van der Waals surface area contributed by atoms with Gasteiger partial charge in [0, 0.05) is 31.4 Å². The van der Waals surface area contributed by atoms with Gasteiger partial charge in [0.05, 0.1) is 17.9 Å². The Hall–Kier alpha value is -2.28. The lowest BCUT2D eigenvalue weighted by Gasteiger charge is -2.32. The van der Waals surface area contributed by atoms with Crippen LogP contribution in [0, 0.1) is 0 Å². The number of carbonyl (C=O) groups excluding carboxylic acids is 1. The Balaban J connectivity index is 1.67. The van der Waals surface area contributed by atoms with Crippen LogP contribution in [0.5, 0.6) is 0 Å². The molecule has 122 valence electrons. The van der Waals surface area contributed by atoms with Crippen molar-refractivity contribution in [3.05, 3.63) is 36.0 Å². The molecule has 1 N–H and O–H groups in total. The maximum atomic E-state index is 12.6. The minimum absolute atomic E-state index is 0.0232. The van der Waals surface area contributed by atoms with Crippen LogP contribution in [-0.2, 0) is 17.8 Å². The van der Waals surface area contributed by atoms with E-state index in [9.17, 15) is 4.79 Å². The number of nitrogens with zero attached hydrogens (tertiary/aromatic N) is 5. The zero-order valence-corrected chi connectivity index (χ0v) is 13.7. The second-order valence-electron chi connectivity index (χ2n) is 6.14. The highest BCUT2D eigenvalue weighted by Gasteiger charge is 2.26. The Morgan fingerprint density at radius 2 is 2.17 bits per heavy atom. The van der Waals surface area contributed by atoms with Gasteiger partial charge in [-0.15, -0.1) is 0 Å². The minimum Gasteiger partial charge on any atom is -0.310 e. The van der Waals surface area contributed by atoms with Crippen LogP contribution in [0.4, 0.5) is 5.82 Å². The number of hydrogen-bond donors (Lipinski definition) is 1. The fourth-order valence-electron chi connectivity index (χ4n) is 2.82. The maximum absolute atomic E-state index is 12.6. The molecule has 23 heavy (non-hydrogen) atoms. The largest absolute Gasteiger partial charge is 0.310 e. The molecule has 0 fully saturated rings. The zero-order valence-electron chi connectivity index (χ0n) is 13.7. The standard InChI is InChI=1S/C16H22N6O/c1-11(2)22-15(4-6-19-22)20-16(23)12(3)21-7-5-13-8-17-10-18-14(13)9-21/h4,6,8,10-12H,5,7,9H2,1-3H3,(H,20,23). The summed E-state index contributed by atoms with van der Waals surface area (Å²) in [7, 11) is 0. The monoisotopic (exact) mass is 314 g/mol. The van der Waals surface area contributed by atoms with E-state index in [1.807, 2.05) is 37.7 Å². The normalized spacial score (nSPS) is 16.2. The molecule has 2 aromatic rings. The second kappa shape index (κ2) is 6.45. The Morgan fingerprint density at radius 1 is 1.35 bits per heavy atom. The van der Waals surface area contributed by atoms with Crippen molar-refractivity contribution in [2.75, 3.05) is 11.9 Å². The van der Waals surface area contributed by atoms with Gasteiger partial charge in [-0.3, -0.25) is 9.69 Å². The Morgan fingerprint density at radius 3 is 2.96 bits per heavy atom. The zero-order chi connectivity index (χ0) is 16.4. The van der Waals surface area contributed by atoms with E-state index in [2.05, 4.69) is 25.3 Å². The highest BCUT2D eigenvalue weighted by atomic mass is 16.2. The Bertz CT molecular complexity index is 695. The predicted octanol–water partition coefficient (Wildman–Crippen LogP) is 1.64. The molecule has 7 heteroatoms. The van der Waals surface area contributed by atoms with Crippen LogP contribution in [0.3, 0.4) is 0 Å². The van der Waals surface area contributed by atoms with Crippen molar-refractivity contribution < 1.29 is 4.79 Å². The summed E-state index contributed by atoms with van der Waals surface area (Å²) in [6.45, 7) is 7.51. The number of aromatic nitrogens is 4. The number of fused-ring (bicyclic) bond motifs is 1. The predicted molar refractivity (Wildman–Crippen MR) is 86.8 cm³/mol. The van der Waals surface area contributed by atoms with Crippen LogP contribution in [0.25, 0.3) is 0 Å². The lowest BCUT2D eigenvalue weighted by molar-refractivity contribution is -0.121. The second-order valence-corrected chi connectivity index (χ2v) is 6.14. The molecule has 1 unspecified atom stereocenters. The van der Waals surface area contributed by atoms with E-state index in [1.165, 1.54) is 5.56 Å². The van der Waals surface area contributed by atoms with E-state index in [1.54, 1.807) is 12.5 Å². The minimum atomic E-state index is -0.228. The highest BCUT2D eigenvalue weighted by molar-refractivity contribution is 5.93. The van der Waals surface area contributed by atoms with Crippen LogP contribution in [0.1, 0.15) is 38.1 Å². The molecular weight excluding hydrogens is 292 g/mol. The molecule has 1 aliphatic heterocycles. The fourth-order valence-corrected chi connectivity index (χ4v) is 2.82. The Kier molecular flexibility index (Phi) is 4.38. The molecule has 0 radical (unpaired) electrons. The van der Waals surface area contributed by atoms with E-state index in [-0.39, 0.29) is 18.0 Å². The quantitative estimate of drug-likeness (QED) is 0.928. The third-order valence-electron chi connectivity index (χ3n) is 4.24. The topological polar surface area (TPSA) is 75.9 Å². The van der Waals surface area contributed by atoms with E-state index in [0.29, 0.717) is 6.54 Å². The van der Waals surface area contributed by atoms with Gasteiger partial charge in [-0.25, -0.2) is 14.6 Å². The first-order valence-electron chi connectivity index (χ1n) is 7.92. The molecule has 3 heterocycles. The smallest absolute Gasteiger partial charge is 0.242 e. The summed E-state index contributed by atoms with van der Waals surface area (Å²) in [5, 5.41) is 7.22. The fraction of sp³-hybridized carbons (Fsp3) is 0.500. The summed E-state index contributed by atoms with van der Waals surface area (Å²) in [6, 6.07) is 1.80. The van der Waals surface area contributed by atoms with E-state index < -0.39 is 0 Å². The number of anilines is 1. The van der Waals surface area contributed by atoms with Crippen LogP contribution in [0.15, 0.2) is 24.8 Å². The van der Waals surface area contributed by atoms with Gasteiger partial charge in [-0.05, 0) is 32.8 Å². The molecular formula is C16H22N6O. The first-order chi connectivity index (χ1) is 11.1. The Labute approximate surface area is 135 Å². The summed E-state index contributed by atoms with van der Waals surface area (Å²) in [5.41, 5.74) is 2.19. The number of amides is 1. The van der Waals surface area contributed by atoms with Gasteiger partial charge in [0.15, 0.2) is 0 Å². The van der Waals surface area contributed by atoms with Crippen molar-refractivity contribution in [3.8, 4) is 0 Å². The van der Waals surface area contributed by atoms with Gasteiger partial charge < -0.3 is 5.32 Å². The third kappa shape index (κ3) is 3.24. The van der Waals surface area contributed by atoms with Gasteiger partial charge in [0.25, 0.3) is 0 Å². The van der Waals surface area contributed by atoms with Gasteiger partial charge in [-0.2, -0.15) is 5.10 Å². The number of carbonyl (C=O) groups is 1. The number of hydrogen-bond acceptors (Lipinski definition) is 5. The maximum Gasteiger partial charge on any atom is 0.242 e. The summed E-state index contributed by atoms with van der Waals surface area (Å²) in [6.07, 6.45) is 6.01. The van der Waals surface area contributed by atoms with Crippen LogP contribution in [0.2, 0.25) is 0 Å². The molecule has 1 atom stereocenters. The lowest BCUT2D eigenvalue weighted by atomic mass is 10.1. The lowest BCUT2D eigenvalue weighted by Crippen LogP contribution is -2.45. The van der Waals surface area contributed by atoms with Crippen molar-refractivity contribution in [2.45, 2.75) is 45.8 Å². The van der Waals surface area contributed by atoms with Gasteiger partial charge in [0.2, 0.25) is 5.91 Å². The number of nitrogens with one attached hydrogen (secondary N) is 1. The van der Waals surface area contributed by atoms with Gasteiger partial charge in [0.1, 0.15) is 12.1 Å². The van der Waals surface area contributed by atoms with Gasteiger partial charge in [-0.1, -0.05) is 0 Å². The molecule has 0 saturated heterocycles. The summed E-state index contributed by atoms with van der Waals surface area (Å²) < 4.78 is 1.81. The molecule has 1 amide bonds. The SMILES string of the molecule is CC(C(=O)Nc1ccnn1C(C)C)N1CCc2cncnc2C1. The van der Waals surface area contributed by atoms with Crippen LogP contribution in [-0.4, -0.2) is 43.1 Å². The van der Waals surface area contributed by atoms with Crippen molar-refractivity contribution in [3.63, 3.8) is 0 Å². The average molecular weight is 314 g/mol. The molecule has 0 aromatic carbocycles. The summed E-state index contributed by atoms with van der Waals surface area (Å²) in [5.74, 6) is 0.710. The van der Waals surface area contributed by atoms with Crippen molar-refractivity contribution in [1.29, 1.82) is 0 Å². The molecule has 0 bridgehead atoms.